The van der Waals surface area contributed by atoms with Gasteiger partial charge in [-0.1, -0.05) is 19.1 Å². The molecule has 0 aliphatic carbocycles. The van der Waals surface area contributed by atoms with Crippen LogP contribution in [0.25, 0.3) is 0 Å². The minimum Gasteiger partial charge on any atom is -0.496 e. The highest BCUT2D eigenvalue weighted by Gasteiger charge is 2.43. The predicted molar refractivity (Wildman–Crippen MR) is 93.8 cm³/mol. The van der Waals surface area contributed by atoms with Crippen molar-refractivity contribution >= 4 is 21.8 Å². The Balaban J connectivity index is 2.12. The fourth-order valence-corrected chi connectivity index (χ4v) is 4.06. The molecule has 1 aromatic carbocycles. The van der Waals surface area contributed by atoms with E-state index in [1.165, 1.54) is 7.11 Å². The van der Waals surface area contributed by atoms with E-state index in [0.717, 1.165) is 0 Å². The van der Waals surface area contributed by atoms with Crippen molar-refractivity contribution < 1.29 is 22.7 Å². The molecule has 1 heterocycles. The third-order valence-corrected chi connectivity index (χ3v) is 5.81. The second kappa shape index (κ2) is 7.43. The third-order valence-electron chi connectivity index (χ3n) is 4.37. The number of carbonyl (C=O) groups is 2. The predicted octanol–water partition coefficient (Wildman–Crippen LogP) is 1.40. The molecule has 1 atom stereocenters. The zero-order valence-corrected chi connectivity index (χ0v) is 15.6. The van der Waals surface area contributed by atoms with E-state index >= 15 is 0 Å². The molecular formula is C17H24N2O5S. The average molecular weight is 368 g/mol. The minimum atomic E-state index is -3.63. The second-order valence-corrected chi connectivity index (χ2v) is 8.33. The van der Waals surface area contributed by atoms with Crippen molar-refractivity contribution in [1.82, 2.24) is 9.62 Å². The third kappa shape index (κ3) is 4.31. The molecule has 7 nitrogen and oxygen atoms in total. The smallest absolute Gasteiger partial charge is 0.257 e. The first-order valence-corrected chi connectivity index (χ1v) is 9.85. The first-order chi connectivity index (χ1) is 11.7. The minimum absolute atomic E-state index is 0.0985. The van der Waals surface area contributed by atoms with Crippen molar-refractivity contribution in [2.75, 3.05) is 26.0 Å². The van der Waals surface area contributed by atoms with Crippen molar-refractivity contribution in [3.8, 4) is 5.75 Å². The van der Waals surface area contributed by atoms with Crippen LogP contribution in [-0.4, -0.2) is 51.1 Å². The van der Waals surface area contributed by atoms with Crippen molar-refractivity contribution in [3.05, 3.63) is 29.8 Å². The zero-order chi connectivity index (χ0) is 18.7. The number of nitrogens with one attached hydrogen (secondary N) is 1. The maximum atomic E-state index is 12.7. The van der Waals surface area contributed by atoms with Crippen LogP contribution in [0.2, 0.25) is 0 Å². The molecule has 1 aromatic rings. The van der Waals surface area contributed by atoms with Crippen LogP contribution < -0.4 is 9.46 Å². The van der Waals surface area contributed by atoms with Crippen LogP contribution in [-0.2, 0) is 14.8 Å². The SMILES string of the molecule is CCCS(=O)(=O)NC(=O)C1(C)CCN(C(=O)c2ccccc2OC)C1. The van der Waals surface area contributed by atoms with Gasteiger partial charge in [-0.25, -0.2) is 8.42 Å². The van der Waals surface area contributed by atoms with E-state index in [1.54, 1.807) is 43.0 Å². The highest BCUT2D eigenvalue weighted by atomic mass is 32.2. The van der Waals surface area contributed by atoms with Crippen LogP contribution in [0.4, 0.5) is 0 Å². The lowest BCUT2D eigenvalue weighted by Crippen LogP contribution is -2.44. The number of carbonyl (C=O) groups excluding carboxylic acids is 2. The molecular weight excluding hydrogens is 344 g/mol. The Labute approximate surface area is 148 Å². The summed E-state index contributed by atoms with van der Waals surface area (Å²) in [4.78, 5) is 26.7. The number of nitrogens with zero attached hydrogens (tertiary/aromatic N) is 1. The number of amides is 2. The number of sulfonamides is 1. The molecule has 0 radical (unpaired) electrons. The first kappa shape index (κ1) is 19.2. The Hall–Kier alpha value is -2.09. The zero-order valence-electron chi connectivity index (χ0n) is 14.7. The van der Waals surface area contributed by atoms with Crippen LogP contribution >= 0.6 is 0 Å². The van der Waals surface area contributed by atoms with E-state index in [9.17, 15) is 18.0 Å². The summed E-state index contributed by atoms with van der Waals surface area (Å²) in [6.45, 7) is 3.96. The second-order valence-electron chi connectivity index (χ2n) is 6.49. The summed E-state index contributed by atoms with van der Waals surface area (Å²) >= 11 is 0. The van der Waals surface area contributed by atoms with Gasteiger partial charge >= 0.3 is 0 Å². The quantitative estimate of drug-likeness (QED) is 0.819. The molecule has 0 spiro atoms. The number of hydrogen-bond donors (Lipinski definition) is 1. The Bertz CT molecular complexity index is 762. The van der Waals surface area contributed by atoms with Crippen LogP contribution in [0, 0.1) is 5.41 Å². The van der Waals surface area contributed by atoms with Gasteiger partial charge in [-0.3, -0.25) is 14.3 Å². The van der Waals surface area contributed by atoms with Crippen LogP contribution in [0.5, 0.6) is 5.75 Å². The van der Waals surface area contributed by atoms with E-state index in [-0.39, 0.29) is 18.2 Å². The first-order valence-electron chi connectivity index (χ1n) is 8.19. The van der Waals surface area contributed by atoms with Gasteiger partial charge in [-0.05, 0) is 31.9 Å². The van der Waals surface area contributed by atoms with Gasteiger partial charge in [0.2, 0.25) is 15.9 Å². The van der Waals surface area contributed by atoms with Gasteiger partial charge in [0.25, 0.3) is 5.91 Å². The molecule has 1 N–H and O–H groups in total. The van der Waals surface area contributed by atoms with Gasteiger partial charge < -0.3 is 9.64 Å². The van der Waals surface area contributed by atoms with Crippen molar-refractivity contribution in [2.45, 2.75) is 26.7 Å². The molecule has 138 valence electrons. The molecule has 1 aliphatic rings. The van der Waals surface area contributed by atoms with E-state index < -0.39 is 21.3 Å². The van der Waals surface area contributed by atoms with Crippen LogP contribution in [0.3, 0.4) is 0 Å². The molecule has 1 aliphatic heterocycles. The van der Waals surface area contributed by atoms with Crippen molar-refractivity contribution in [2.24, 2.45) is 5.41 Å². The lowest BCUT2D eigenvalue weighted by atomic mass is 9.89. The van der Waals surface area contributed by atoms with E-state index in [2.05, 4.69) is 4.72 Å². The molecule has 8 heteroatoms. The molecule has 1 unspecified atom stereocenters. The lowest BCUT2D eigenvalue weighted by molar-refractivity contribution is -0.127. The molecule has 0 bridgehead atoms. The van der Waals surface area contributed by atoms with E-state index in [4.69, 9.17) is 4.74 Å². The summed E-state index contributed by atoms with van der Waals surface area (Å²) in [5, 5.41) is 0. The summed E-state index contributed by atoms with van der Waals surface area (Å²) in [5.74, 6) is -0.420. The van der Waals surface area contributed by atoms with E-state index in [1.807, 2.05) is 0 Å². The normalized spacial score (nSPS) is 20.4. The fourth-order valence-electron chi connectivity index (χ4n) is 2.90. The highest BCUT2D eigenvalue weighted by Crippen LogP contribution is 2.32. The molecule has 1 fully saturated rings. The Morgan fingerprint density at radius 1 is 1.32 bits per heavy atom. The Kier molecular flexibility index (Phi) is 5.72. The maximum Gasteiger partial charge on any atom is 0.257 e. The summed E-state index contributed by atoms with van der Waals surface area (Å²) in [6.07, 6.45) is 0.832. The highest BCUT2D eigenvalue weighted by molar-refractivity contribution is 7.90. The molecule has 2 amide bonds. The van der Waals surface area contributed by atoms with Crippen LogP contribution in [0.1, 0.15) is 37.0 Å². The van der Waals surface area contributed by atoms with Gasteiger partial charge in [-0.15, -0.1) is 0 Å². The number of para-hydroxylation sites is 1. The van der Waals surface area contributed by atoms with Crippen molar-refractivity contribution in [3.63, 3.8) is 0 Å². The van der Waals surface area contributed by atoms with Gasteiger partial charge in [0.15, 0.2) is 0 Å². The molecule has 25 heavy (non-hydrogen) atoms. The molecule has 1 saturated heterocycles. The number of rotatable bonds is 6. The van der Waals surface area contributed by atoms with E-state index in [0.29, 0.717) is 30.7 Å². The number of methoxy groups -OCH3 is 1. The molecule has 2 rings (SSSR count). The average Bonchev–Trinajstić information content (AvgIpc) is 2.97. The van der Waals surface area contributed by atoms with Crippen LogP contribution in [0.15, 0.2) is 24.3 Å². The number of ether oxygens (including phenoxy) is 1. The summed E-state index contributed by atoms with van der Waals surface area (Å²) < 4.78 is 31.0. The van der Waals surface area contributed by atoms with Crippen molar-refractivity contribution in [1.29, 1.82) is 0 Å². The standard InChI is InChI=1S/C17H24N2O5S/c1-4-11-25(22,23)18-16(21)17(2)9-10-19(12-17)15(20)13-7-5-6-8-14(13)24-3/h5-8H,4,9-12H2,1-3H3,(H,18,21). The monoisotopic (exact) mass is 368 g/mol. The Morgan fingerprint density at radius 3 is 2.64 bits per heavy atom. The number of benzene rings is 1. The summed E-state index contributed by atoms with van der Waals surface area (Å²) in [6, 6.07) is 6.89. The number of likely N-dealkylation sites (tertiary alicyclic amines) is 1. The van der Waals surface area contributed by atoms with Gasteiger partial charge in [0, 0.05) is 13.1 Å². The Morgan fingerprint density at radius 2 is 2.00 bits per heavy atom. The van der Waals surface area contributed by atoms with Gasteiger partial charge in [0.1, 0.15) is 5.75 Å². The maximum absolute atomic E-state index is 12.7. The lowest BCUT2D eigenvalue weighted by Gasteiger charge is -2.24. The summed E-state index contributed by atoms with van der Waals surface area (Å²) in [7, 11) is -2.14. The molecule has 0 saturated carbocycles. The van der Waals surface area contributed by atoms with Gasteiger partial charge in [0.05, 0.1) is 23.8 Å². The fraction of sp³-hybridized carbons (Fsp3) is 0.529. The summed E-state index contributed by atoms with van der Waals surface area (Å²) in [5.41, 5.74) is -0.508. The number of hydrogen-bond acceptors (Lipinski definition) is 5. The topological polar surface area (TPSA) is 92.8 Å². The van der Waals surface area contributed by atoms with Gasteiger partial charge in [-0.2, -0.15) is 0 Å². The largest absolute Gasteiger partial charge is 0.496 e. The molecule has 0 aromatic heterocycles.